The van der Waals surface area contributed by atoms with E-state index in [-0.39, 0.29) is 30.7 Å². The Balaban J connectivity index is 2.70. The minimum absolute atomic E-state index is 0.0777. The summed E-state index contributed by atoms with van der Waals surface area (Å²) in [5, 5.41) is 8.48. The van der Waals surface area contributed by atoms with E-state index in [1.165, 1.54) is 0 Å². The molecule has 5 nitrogen and oxygen atoms in total. The van der Waals surface area contributed by atoms with Crippen LogP contribution in [0.25, 0.3) is 0 Å². The van der Waals surface area contributed by atoms with Crippen LogP contribution in [0.2, 0.25) is 0 Å². The number of likely N-dealkylation sites (tertiary alicyclic amines) is 1. The standard InChI is InChI=1S/C10H13NO4/c1-6(3-9(13)14)5-11-8(12)4-7(2)10(11)15/h3,7H,4-5H2,1-2H3,(H,13,14). The van der Waals surface area contributed by atoms with Crippen molar-refractivity contribution in [3.05, 3.63) is 11.6 Å². The SMILES string of the molecule is CC(=CC(=O)O)CN1C(=O)CC(C)C1=O. The van der Waals surface area contributed by atoms with Crippen LogP contribution in [0.15, 0.2) is 11.6 Å². The molecule has 0 spiro atoms. The van der Waals surface area contributed by atoms with Crippen LogP contribution in [-0.2, 0) is 14.4 Å². The molecule has 1 atom stereocenters. The van der Waals surface area contributed by atoms with Crippen molar-refractivity contribution in [3.63, 3.8) is 0 Å². The van der Waals surface area contributed by atoms with Crippen LogP contribution in [0, 0.1) is 5.92 Å². The van der Waals surface area contributed by atoms with E-state index >= 15 is 0 Å². The molecule has 0 radical (unpaired) electrons. The van der Waals surface area contributed by atoms with Gasteiger partial charge in [-0.3, -0.25) is 14.5 Å². The summed E-state index contributed by atoms with van der Waals surface area (Å²) in [5.74, 6) is -1.81. The Morgan fingerprint density at radius 2 is 2.20 bits per heavy atom. The maximum atomic E-state index is 11.5. The van der Waals surface area contributed by atoms with Crippen LogP contribution in [-0.4, -0.2) is 34.3 Å². The number of aliphatic carboxylic acids is 1. The van der Waals surface area contributed by atoms with Gasteiger partial charge in [0.05, 0.1) is 0 Å². The third-order valence-electron chi connectivity index (χ3n) is 2.25. The topological polar surface area (TPSA) is 74.7 Å². The van der Waals surface area contributed by atoms with E-state index in [4.69, 9.17) is 5.11 Å². The van der Waals surface area contributed by atoms with E-state index in [2.05, 4.69) is 0 Å². The summed E-state index contributed by atoms with van der Waals surface area (Å²) in [7, 11) is 0. The first-order chi connectivity index (χ1) is 6.91. The molecule has 1 N–H and O–H groups in total. The second kappa shape index (κ2) is 4.25. The maximum Gasteiger partial charge on any atom is 0.328 e. The van der Waals surface area contributed by atoms with Gasteiger partial charge >= 0.3 is 5.97 Å². The molecule has 0 aromatic carbocycles. The highest BCUT2D eigenvalue weighted by atomic mass is 16.4. The first kappa shape index (κ1) is 11.4. The minimum atomic E-state index is -1.07. The number of carboxylic acids is 1. The number of carbonyl (C=O) groups is 3. The summed E-state index contributed by atoms with van der Waals surface area (Å²) in [4.78, 5) is 34.3. The number of rotatable bonds is 3. The second-order valence-corrected chi connectivity index (χ2v) is 3.75. The normalized spacial score (nSPS) is 22.4. The van der Waals surface area contributed by atoms with Crippen molar-refractivity contribution in [1.29, 1.82) is 0 Å². The van der Waals surface area contributed by atoms with Gasteiger partial charge in [-0.15, -0.1) is 0 Å². The van der Waals surface area contributed by atoms with Gasteiger partial charge in [-0.2, -0.15) is 0 Å². The van der Waals surface area contributed by atoms with Gasteiger partial charge in [0.1, 0.15) is 0 Å². The van der Waals surface area contributed by atoms with Crippen molar-refractivity contribution in [2.75, 3.05) is 6.54 Å². The molecule has 5 heteroatoms. The summed E-state index contributed by atoms with van der Waals surface area (Å²) in [5.41, 5.74) is 0.485. The molecule has 82 valence electrons. The molecule has 0 aromatic heterocycles. The molecule has 1 aliphatic rings. The largest absolute Gasteiger partial charge is 0.478 e. The average molecular weight is 211 g/mol. The van der Waals surface area contributed by atoms with Crippen LogP contribution < -0.4 is 0 Å². The third-order valence-corrected chi connectivity index (χ3v) is 2.25. The zero-order chi connectivity index (χ0) is 11.6. The van der Waals surface area contributed by atoms with Gasteiger partial charge in [-0.05, 0) is 12.5 Å². The van der Waals surface area contributed by atoms with Crippen molar-refractivity contribution in [3.8, 4) is 0 Å². The minimum Gasteiger partial charge on any atom is -0.478 e. The molecule has 2 amide bonds. The zero-order valence-electron chi connectivity index (χ0n) is 8.69. The maximum absolute atomic E-state index is 11.5. The first-order valence-electron chi connectivity index (χ1n) is 4.66. The predicted octanol–water partition coefficient (Wildman–Crippen LogP) is 0.412. The Kier molecular flexibility index (Phi) is 3.24. The molecule has 15 heavy (non-hydrogen) atoms. The number of hydrogen-bond donors (Lipinski definition) is 1. The lowest BCUT2D eigenvalue weighted by atomic mass is 10.1. The van der Waals surface area contributed by atoms with Gasteiger partial charge in [0, 0.05) is 25.0 Å². The van der Waals surface area contributed by atoms with Crippen LogP contribution in [0.1, 0.15) is 20.3 Å². The Hall–Kier alpha value is -1.65. The Morgan fingerprint density at radius 3 is 2.60 bits per heavy atom. The Labute approximate surface area is 87.4 Å². The van der Waals surface area contributed by atoms with E-state index in [1.54, 1.807) is 13.8 Å². The fraction of sp³-hybridized carbons (Fsp3) is 0.500. The number of hydrogen-bond acceptors (Lipinski definition) is 3. The molecule has 0 saturated carbocycles. The molecular weight excluding hydrogens is 198 g/mol. The lowest BCUT2D eigenvalue weighted by Gasteiger charge is -2.13. The average Bonchev–Trinajstić information content (AvgIpc) is 2.31. The van der Waals surface area contributed by atoms with E-state index in [0.29, 0.717) is 5.57 Å². The lowest BCUT2D eigenvalue weighted by molar-refractivity contribution is -0.139. The number of imide groups is 1. The van der Waals surface area contributed by atoms with Gasteiger partial charge in [-0.1, -0.05) is 6.92 Å². The van der Waals surface area contributed by atoms with Crippen LogP contribution in [0.4, 0.5) is 0 Å². The smallest absolute Gasteiger partial charge is 0.328 e. The summed E-state index contributed by atoms with van der Waals surface area (Å²) >= 11 is 0. The molecule has 0 aliphatic carbocycles. The molecule has 1 saturated heterocycles. The molecule has 1 aliphatic heterocycles. The van der Waals surface area contributed by atoms with Crippen LogP contribution in [0.3, 0.4) is 0 Å². The Morgan fingerprint density at radius 1 is 1.60 bits per heavy atom. The Bertz CT molecular complexity index is 345. The lowest BCUT2D eigenvalue weighted by Crippen LogP contribution is -2.31. The predicted molar refractivity (Wildman–Crippen MR) is 51.9 cm³/mol. The van der Waals surface area contributed by atoms with Gasteiger partial charge in [-0.25, -0.2) is 4.79 Å². The van der Waals surface area contributed by atoms with E-state index in [0.717, 1.165) is 11.0 Å². The van der Waals surface area contributed by atoms with Crippen molar-refractivity contribution in [1.82, 2.24) is 4.90 Å². The highest BCUT2D eigenvalue weighted by Crippen LogP contribution is 2.19. The quantitative estimate of drug-likeness (QED) is 0.542. The van der Waals surface area contributed by atoms with E-state index in [1.807, 2.05) is 0 Å². The molecular formula is C10H13NO4. The van der Waals surface area contributed by atoms with Crippen LogP contribution in [0.5, 0.6) is 0 Å². The van der Waals surface area contributed by atoms with Gasteiger partial charge in [0.2, 0.25) is 11.8 Å². The molecule has 0 bridgehead atoms. The van der Waals surface area contributed by atoms with Crippen molar-refractivity contribution >= 4 is 17.8 Å². The van der Waals surface area contributed by atoms with Crippen molar-refractivity contribution in [2.45, 2.75) is 20.3 Å². The van der Waals surface area contributed by atoms with E-state index in [9.17, 15) is 14.4 Å². The summed E-state index contributed by atoms with van der Waals surface area (Å²) in [6.45, 7) is 3.35. The van der Waals surface area contributed by atoms with Gasteiger partial charge < -0.3 is 5.11 Å². The van der Waals surface area contributed by atoms with Crippen LogP contribution >= 0.6 is 0 Å². The molecule has 1 rings (SSSR count). The molecule has 0 aromatic rings. The monoisotopic (exact) mass is 211 g/mol. The second-order valence-electron chi connectivity index (χ2n) is 3.75. The fourth-order valence-electron chi connectivity index (χ4n) is 1.52. The zero-order valence-corrected chi connectivity index (χ0v) is 8.69. The molecule has 1 heterocycles. The summed E-state index contributed by atoms with van der Waals surface area (Å²) in [6.07, 6.45) is 1.22. The fourth-order valence-corrected chi connectivity index (χ4v) is 1.52. The number of amides is 2. The van der Waals surface area contributed by atoms with E-state index < -0.39 is 5.97 Å². The number of nitrogens with zero attached hydrogens (tertiary/aromatic N) is 1. The highest BCUT2D eigenvalue weighted by Gasteiger charge is 2.35. The number of carboxylic acid groups (broad SMARTS) is 1. The molecule has 1 unspecified atom stereocenters. The van der Waals surface area contributed by atoms with Crippen molar-refractivity contribution in [2.24, 2.45) is 5.92 Å². The first-order valence-corrected chi connectivity index (χ1v) is 4.66. The summed E-state index contributed by atoms with van der Waals surface area (Å²) < 4.78 is 0. The highest BCUT2D eigenvalue weighted by molar-refractivity contribution is 6.03. The van der Waals surface area contributed by atoms with Gasteiger partial charge in [0.15, 0.2) is 0 Å². The van der Waals surface area contributed by atoms with Crippen molar-refractivity contribution < 1.29 is 19.5 Å². The summed E-state index contributed by atoms with van der Waals surface area (Å²) in [6, 6.07) is 0. The van der Waals surface area contributed by atoms with Gasteiger partial charge in [0.25, 0.3) is 0 Å². The third kappa shape index (κ3) is 2.65. The molecule has 1 fully saturated rings. The number of carbonyl (C=O) groups excluding carboxylic acids is 2.